The molecule has 1 spiro atoms. The van der Waals surface area contributed by atoms with Gasteiger partial charge in [0, 0.05) is 17.0 Å². The van der Waals surface area contributed by atoms with Crippen LogP contribution in [0.4, 0.5) is 22.7 Å². The average Bonchev–Trinajstić information content (AvgIpc) is 3.95. The van der Waals surface area contributed by atoms with Gasteiger partial charge in [0.05, 0.1) is 47.2 Å². The lowest BCUT2D eigenvalue weighted by Gasteiger charge is -2.40. The van der Waals surface area contributed by atoms with Crippen LogP contribution in [0.15, 0.2) is 40.9 Å². The number of rotatable bonds is 7. The molecule has 3 heterocycles. The molecule has 12 heteroatoms. The molecule has 2 aromatic carbocycles. The fraction of sp³-hybridized carbons (Fsp3) is 0.469. The summed E-state index contributed by atoms with van der Waals surface area (Å²) >= 11 is 1.40. The first-order chi connectivity index (χ1) is 21.2. The summed E-state index contributed by atoms with van der Waals surface area (Å²) in [5.41, 5.74) is 0.569. The number of benzene rings is 2. The fourth-order valence-corrected chi connectivity index (χ4v) is 9.48. The third-order valence-electron chi connectivity index (χ3n) is 10.6. The molecular weight excluding hydrogens is 598 g/mol. The Kier molecular flexibility index (Phi) is 5.51. The summed E-state index contributed by atoms with van der Waals surface area (Å²) in [5.74, 6) is 0.853. The summed E-state index contributed by atoms with van der Waals surface area (Å²) in [5, 5.41) is 4.91. The van der Waals surface area contributed by atoms with Gasteiger partial charge in [-0.2, -0.15) is 13.2 Å². The van der Waals surface area contributed by atoms with Gasteiger partial charge in [0.25, 0.3) is 0 Å². The number of carbonyl (C=O) groups is 1. The van der Waals surface area contributed by atoms with Crippen molar-refractivity contribution in [2.24, 2.45) is 17.8 Å². The van der Waals surface area contributed by atoms with Crippen molar-refractivity contribution in [1.82, 2.24) is 10.1 Å². The second-order valence-electron chi connectivity index (χ2n) is 12.8. The summed E-state index contributed by atoms with van der Waals surface area (Å²) in [4.78, 5) is 19.0. The van der Waals surface area contributed by atoms with Crippen LogP contribution >= 0.6 is 11.3 Å². The monoisotopic (exact) mass is 625 g/mol. The SMILES string of the molecule is COC(=O)c1cc(F)c2nc(N3C4CC5C(C6CCC643)[C@H]5OCc3c(-c4ccccc4C(F)(F)F)noc3C3CC3)sc2c1. The van der Waals surface area contributed by atoms with Gasteiger partial charge in [-0.05, 0) is 68.1 Å². The highest BCUT2D eigenvalue weighted by Crippen LogP contribution is 2.75. The van der Waals surface area contributed by atoms with Crippen molar-refractivity contribution < 1.29 is 36.4 Å². The lowest BCUT2D eigenvalue weighted by molar-refractivity contribution is -0.137. The highest BCUT2D eigenvalue weighted by Gasteiger charge is 2.81. The van der Waals surface area contributed by atoms with Gasteiger partial charge in [0.2, 0.25) is 0 Å². The Morgan fingerprint density at radius 2 is 2.02 bits per heavy atom. The van der Waals surface area contributed by atoms with Gasteiger partial charge in [-0.15, -0.1) is 0 Å². The lowest BCUT2D eigenvalue weighted by atomic mass is 9.64. The predicted octanol–water partition coefficient (Wildman–Crippen LogP) is 7.35. The molecule has 0 amide bonds. The Morgan fingerprint density at radius 3 is 2.75 bits per heavy atom. The Morgan fingerprint density at radius 1 is 1.20 bits per heavy atom. The van der Waals surface area contributed by atoms with Crippen LogP contribution in [0.25, 0.3) is 21.5 Å². The van der Waals surface area contributed by atoms with Crippen LogP contribution in [0.1, 0.15) is 65.3 Å². The zero-order valence-corrected chi connectivity index (χ0v) is 24.4. The fourth-order valence-electron chi connectivity index (χ4n) is 8.33. The average molecular weight is 626 g/mol. The van der Waals surface area contributed by atoms with Crippen LogP contribution in [0.5, 0.6) is 0 Å². The first kappa shape index (κ1) is 26.9. The van der Waals surface area contributed by atoms with Gasteiger partial charge in [0.15, 0.2) is 10.9 Å². The minimum absolute atomic E-state index is 0.00197. The molecule has 7 nitrogen and oxygen atoms in total. The number of halogens is 4. The Hall–Kier alpha value is -3.51. The second kappa shape index (κ2) is 9.03. The van der Waals surface area contributed by atoms with Crippen molar-refractivity contribution in [2.75, 3.05) is 12.0 Å². The number of alkyl halides is 3. The maximum Gasteiger partial charge on any atom is 0.417 e. The van der Waals surface area contributed by atoms with Crippen molar-refractivity contribution in [2.45, 2.75) is 68.5 Å². The molecular formula is C32H27F4N3O4S. The zero-order valence-electron chi connectivity index (χ0n) is 23.6. The third-order valence-corrected chi connectivity index (χ3v) is 11.6. The summed E-state index contributed by atoms with van der Waals surface area (Å²) in [6.07, 6.45) is 0.432. The van der Waals surface area contributed by atoms with E-state index in [9.17, 15) is 22.4 Å². The van der Waals surface area contributed by atoms with E-state index in [2.05, 4.69) is 15.0 Å². The number of ether oxygens (including phenoxy) is 2. The lowest BCUT2D eigenvalue weighted by Crippen LogP contribution is -2.44. The number of nitrogens with zero attached hydrogens (tertiary/aromatic N) is 3. The minimum Gasteiger partial charge on any atom is -0.465 e. The van der Waals surface area contributed by atoms with Crippen LogP contribution in [-0.2, 0) is 22.3 Å². The molecule has 0 bridgehead atoms. The van der Waals surface area contributed by atoms with E-state index in [1.165, 1.54) is 36.6 Å². The molecule has 0 radical (unpaired) electrons. The van der Waals surface area contributed by atoms with E-state index >= 15 is 0 Å². The van der Waals surface area contributed by atoms with Crippen LogP contribution in [0.2, 0.25) is 0 Å². The van der Waals surface area contributed by atoms with Crippen molar-refractivity contribution in [1.29, 1.82) is 0 Å². The number of methoxy groups -OCH3 is 1. The molecule has 2 aromatic heterocycles. The molecule has 9 rings (SSSR count). The van der Waals surface area contributed by atoms with Gasteiger partial charge in [-0.25, -0.2) is 14.2 Å². The number of aromatic nitrogens is 2. The first-order valence-electron chi connectivity index (χ1n) is 14.9. The quantitative estimate of drug-likeness (QED) is 0.121. The number of hydrogen-bond acceptors (Lipinski definition) is 8. The molecule has 4 aliphatic carbocycles. The number of carbonyl (C=O) groups excluding carboxylic acids is 1. The Bertz CT molecular complexity index is 1850. The van der Waals surface area contributed by atoms with E-state index in [0.29, 0.717) is 39.8 Å². The summed E-state index contributed by atoms with van der Waals surface area (Å²) < 4.78 is 74.0. The van der Waals surface area contributed by atoms with E-state index in [1.807, 2.05) is 0 Å². The van der Waals surface area contributed by atoms with Gasteiger partial charge in [0.1, 0.15) is 17.0 Å². The van der Waals surface area contributed by atoms with Gasteiger partial charge in [-0.3, -0.25) is 0 Å². The van der Waals surface area contributed by atoms with Gasteiger partial charge < -0.3 is 18.9 Å². The molecule has 0 N–H and O–H groups in total. The van der Waals surface area contributed by atoms with Crippen molar-refractivity contribution >= 4 is 32.7 Å². The zero-order chi connectivity index (χ0) is 30.1. The maximum absolute atomic E-state index is 14.9. The second-order valence-corrected chi connectivity index (χ2v) is 13.8. The molecule has 44 heavy (non-hydrogen) atoms. The minimum atomic E-state index is -4.51. The van der Waals surface area contributed by atoms with Crippen molar-refractivity contribution in [3.05, 3.63) is 64.7 Å². The highest BCUT2D eigenvalue weighted by molar-refractivity contribution is 7.22. The number of thiazole rings is 1. The molecule has 1 aliphatic heterocycles. The third kappa shape index (κ3) is 3.73. The molecule has 5 aliphatic rings. The molecule has 1 saturated heterocycles. The van der Waals surface area contributed by atoms with E-state index in [0.717, 1.165) is 43.3 Å². The molecule has 4 aromatic rings. The molecule has 5 fully saturated rings. The van der Waals surface area contributed by atoms with E-state index in [4.69, 9.17) is 14.0 Å². The van der Waals surface area contributed by atoms with Crippen LogP contribution in [-0.4, -0.2) is 40.9 Å². The number of fused-ring (bicyclic) bond motifs is 3. The van der Waals surface area contributed by atoms with E-state index < -0.39 is 23.5 Å². The van der Waals surface area contributed by atoms with E-state index in [-0.39, 0.29) is 46.5 Å². The molecule has 5 unspecified atom stereocenters. The normalized spacial score (nSPS) is 29.9. The Labute approximate surface area is 253 Å². The largest absolute Gasteiger partial charge is 0.465 e. The standard InChI is InChI=1S/C32H27F4N3O4S/c1-41-29(40)15-10-21(33)26-22(11-15)44-30(37-26)39-23-12-17-24(20-8-9-31(20,23)39)28(17)42-13-18-25(38-43-27(18)14-6-7-14)16-4-2-3-5-19(16)32(34,35)36/h2-5,10-11,14,17,20,23-24,28H,6-9,12-13H2,1H3/t17?,20?,23?,24?,28-,31?,39?/m0/s1. The topological polar surface area (TPSA) is 77.5 Å². The Balaban J connectivity index is 0.949. The summed E-state index contributed by atoms with van der Waals surface area (Å²) in [6, 6.07) is 8.60. The summed E-state index contributed by atoms with van der Waals surface area (Å²) in [7, 11) is 1.27. The smallest absolute Gasteiger partial charge is 0.417 e. The van der Waals surface area contributed by atoms with Crippen molar-refractivity contribution in [3.63, 3.8) is 0 Å². The predicted molar refractivity (Wildman–Crippen MR) is 152 cm³/mol. The van der Waals surface area contributed by atoms with Gasteiger partial charge >= 0.3 is 12.1 Å². The van der Waals surface area contributed by atoms with Crippen LogP contribution in [0, 0.1) is 23.6 Å². The van der Waals surface area contributed by atoms with Crippen LogP contribution < -0.4 is 4.90 Å². The van der Waals surface area contributed by atoms with Gasteiger partial charge in [-0.1, -0.05) is 34.7 Å². The highest BCUT2D eigenvalue weighted by atomic mass is 32.1. The number of esters is 1. The molecule has 228 valence electrons. The molecule has 6 atom stereocenters. The maximum atomic E-state index is 14.9. The first-order valence-corrected chi connectivity index (χ1v) is 15.8. The van der Waals surface area contributed by atoms with E-state index in [1.54, 1.807) is 12.1 Å². The number of hydrogen-bond donors (Lipinski definition) is 0. The van der Waals surface area contributed by atoms with Crippen LogP contribution in [0.3, 0.4) is 0 Å². The molecule has 4 saturated carbocycles. The number of anilines is 1. The summed E-state index contributed by atoms with van der Waals surface area (Å²) in [6.45, 7) is 0.169. The van der Waals surface area contributed by atoms with Crippen molar-refractivity contribution in [3.8, 4) is 11.3 Å².